The van der Waals surface area contributed by atoms with E-state index in [9.17, 15) is 1.37 Å². The topological polar surface area (TPSA) is 51.1 Å². The molecule has 5 nitrogen and oxygen atoms in total. The molecule has 11 rings (SSSR count). The Hall–Kier alpha value is -7.89. The average molecular weight is 995 g/mol. The molecule has 0 saturated carbocycles. The maximum atomic E-state index is 9.25. The Morgan fingerprint density at radius 2 is 1.20 bits per heavy atom. The number of anilines is 4. The zero-order valence-corrected chi connectivity index (χ0v) is 44.4. The largest absolute Gasteiger partial charge is 0.457 e. The second-order valence-electron chi connectivity index (χ2n) is 23.3. The van der Waals surface area contributed by atoms with E-state index in [0.717, 1.165) is 40.7 Å². The van der Waals surface area contributed by atoms with Crippen LogP contribution < -0.4 is 15.4 Å². The molecule has 5 heteroatoms. The van der Waals surface area contributed by atoms with E-state index in [0.29, 0.717) is 56.3 Å². The van der Waals surface area contributed by atoms with Crippen LogP contribution in [0.4, 0.5) is 22.7 Å². The van der Waals surface area contributed by atoms with Gasteiger partial charge in [0.05, 0.1) is 40.4 Å². The number of nitrogens with zero attached hydrogens (tertiary/aromatic N) is 2. The summed E-state index contributed by atoms with van der Waals surface area (Å²) < 4.78 is 115. The van der Waals surface area contributed by atoms with Crippen molar-refractivity contribution in [1.29, 1.82) is 0 Å². The highest BCUT2D eigenvalue weighted by molar-refractivity contribution is 6.09. The van der Waals surface area contributed by atoms with Crippen LogP contribution in [0.25, 0.3) is 61.0 Å². The van der Waals surface area contributed by atoms with Gasteiger partial charge in [-0.15, -0.1) is 0 Å². The van der Waals surface area contributed by atoms with E-state index in [4.69, 9.17) is 24.8 Å². The molecule has 2 heterocycles. The smallest absolute Gasteiger partial charge is 0.137 e. The lowest BCUT2D eigenvalue weighted by Gasteiger charge is -2.42. The van der Waals surface area contributed by atoms with E-state index < -0.39 is 37.1 Å². The normalized spacial score (nSPS) is 16.6. The molecule has 2 aromatic heterocycles. The minimum atomic E-state index is -2.60. The van der Waals surface area contributed by atoms with Crippen molar-refractivity contribution in [3.05, 3.63) is 216 Å². The molecule has 1 aliphatic rings. The molecule has 0 aliphatic heterocycles. The first-order valence-corrected chi connectivity index (χ1v) is 25.7. The highest BCUT2D eigenvalue weighted by Crippen LogP contribution is 2.48. The Morgan fingerprint density at radius 1 is 0.547 bits per heavy atom. The molecule has 376 valence electrons. The van der Waals surface area contributed by atoms with E-state index in [1.807, 2.05) is 60.7 Å². The Bertz CT molecular complexity index is 4390. The summed E-state index contributed by atoms with van der Waals surface area (Å²) in [6.45, 7) is 19.3. The number of benzene rings is 8. The second kappa shape index (κ2) is 18.8. The number of aryl methyl sites for hydroxylation is 1. The van der Waals surface area contributed by atoms with Crippen molar-refractivity contribution in [1.82, 2.24) is 9.55 Å². The molecular formula is C70H70N4O. The summed E-state index contributed by atoms with van der Waals surface area (Å²) in [6.07, 6.45) is 3.56. The van der Waals surface area contributed by atoms with Crippen LogP contribution in [0.2, 0.25) is 0 Å². The van der Waals surface area contributed by atoms with Gasteiger partial charge >= 0.3 is 0 Å². The van der Waals surface area contributed by atoms with Crippen LogP contribution in [0.15, 0.2) is 188 Å². The number of ether oxygens (including phenoxy) is 1. The van der Waals surface area contributed by atoms with Gasteiger partial charge in [0.2, 0.25) is 0 Å². The Balaban J connectivity index is 0.988. The van der Waals surface area contributed by atoms with Gasteiger partial charge in [-0.1, -0.05) is 190 Å². The van der Waals surface area contributed by atoms with E-state index in [2.05, 4.69) is 110 Å². The molecule has 0 bridgehead atoms. The van der Waals surface area contributed by atoms with Gasteiger partial charge in [-0.2, -0.15) is 0 Å². The second-order valence-corrected chi connectivity index (χ2v) is 23.3. The molecule has 0 fully saturated rings. The van der Waals surface area contributed by atoms with E-state index in [-0.39, 0.29) is 73.7 Å². The van der Waals surface area contributed by atoms with Crippen molar-refractivity contribution < 1.29 is 21.2 Å². The third kappa shape index (κ3) is 9.61. The van der Waals surface area contributed by atoms with Crippen LogP contribution in [0.3, 0.4) is 0 Å². The van der Waals surface area contributed by atoms with Crippen molar-refractivity contribution in [3.63, 3.8) is 0 Å². The molecular weight excluding hydrogens is 913 g/mol. The van der Waals surface area contributed by atoms with Gasteiger partial charge in [-0.25, -0.2) is 4.98 Å². The predicted molar refractivity (Wildman–Crippen MR) is 318 cm³/mol. The Morgan fingerprint density at radius 3 is 1.92 bits per heavy atom. The van der Waals surface area contributed by atoms with Gasteiger partial charge in [0.1, 0.15) is 17.3 Å². The average Bonchev–Trinajstić information content (AvgIpc) is 2.16. The fraction of sp³-hybridized carbons (Fsp3) is 0.243. The molecule has 75 heavy (non-hydrogen) atoms. The lowest BCUT2D eigenvalue weighted by atomic mass is 9.63. The third-order valence-electron chi connectivity index (χ3n) is 15.0. The van der Waals surface area contributed by atoms with E-state index >= 15 is 0 Å². The molecule has 0 radical (unpaired) electrons. The van der Waals surface area contributed by atoms with Crippen LogP contribution in [-0.4, -0.2) is 9.55 Å². The van der Waals surface area contributed by atoms with Crippen LogP contribution in [0, 0.1) is 6.85 Å². The number of hydrogen-bond donors (Lipinski definition) is 2. The summed E-state index contributed by atoms with van der Waals surface area (Å²) in [5, 5.41) is 7.98. The van der Waals surface area contributed by atoms with Crippen LogP contribution in [-0.2, 0) is 21.7 Å². The molecule has 0 atom stereocenters. The maximum absolute atomic E-state index is 9.25. The number of hydrogen-bond acceptors (Lipinski definition) is 4. The first-order valence-electron chi connectivity index (χ1n) is 31.7. The standard InChI is InChI=1S/C70H70N4O/c1-45-37-65(71-44-58(45)47-31-34-59-60(40-47)70(10,11)36-35-69(59,8)9)74-63-30-18-15-25-56(63)57-33-32-53(43-64(57)74)75-52-24-19-23-51(42-52)72-61-28-16-17-29-62(61)73-66-54(46-21-13-12-14-22-46)26-20-27-55(66)48-38-49(67(2,3)4)41-50(39-48)68(5,6)7/h12-34,37-44,72-73H,35-36H2,1-11H3/i1D3,12D,13D,14D,15D,18D,21D,22D,25D,30D. The minimum Gasteiger partial charge on any atom is -0.457 e. The number of pyridine rings is 1. The third-order valence-corrected chi connectivity index (χ3v) is 15.0. The van der Waals surface area contributed by atoms with Crippen molar-refractivity contribution in [2.75, 3.05) is 10.6 Å². The Labute approximate surface area is 461 Å². The van der Waals surface area contributed by atoms with E-state index in [1.54, 1.807) is 41.1 Å². The molecule has 10 aromatic rings. The monoisotopic (exact) mass is 995 g/mol. The van der Waals surface area contributed by atoms with Gasteiger partial charge in [0.25, 0.3) is 0 Å². The molecule has 8 aromatic carbocycles. The molecule has 0 saturated heterocycles. The molecule has 1 aliphatic carbocycles. The number of fused-ring (bicyclic) bond motifs is 4. The lowest BCUT2D eigenvalue weighted by Crippen LogP contribution is -2.33. The van der Waals surface area contributed by atoms with Crippen molar-refractivity contribution >= 4 is 44.6 Å². The quantitative estimate of drug-likeness (QED) is 0.143. The minimum absolute atomic E-state index is 0.0453. The first kappa shape index (κ1) is 36.9. The molecule has 0 unspecified atom stereocenters. The maximum Gasteiger partial charge on any atom is 0.137 e. The molecule has 2 N–H and O–H groups in total. The van der Waals surface area contributed by atoms with Gasteiger partial charge in [-0.05, 0) is 134 Å². The van der Waals surface area contributed by atoms with Crippen LogP contribution in [0.5, 0.6) is 11.5 Å². The summed E-state index contributed by atoms with van der Waals surface area (Å²) in [5.41, 5.74) is 10.4. The van der Waals surface area contributed by atoms with E-state index in [1.165, 1.54) is 17.2 Å². The van der Waals surface area contributed by atoms with Gasteiger partial charge in [0.15, 0.2) is 0 Å². The fourth-order valence-electron chi connectivity index (χ4n) is 10.5. The summed E-state index contributed by atoms with van der Waals surface area (Å²) >= 11 is 0. The number of rotatable bonds is 10. The predicted octanol–water partition coefficient (Wildman–Crippen LogP) is 19.7. The highest BCUT2D eigenvalue weighted by atomic mass is 16.5. The van der Waals surface area contributed by atoms with Crippen molar-refractivity contribution in [2.45, 2.75) is 111 Å². The van der Waals surface area contributed by atoms with Crippen molar-refractivity contribution in [3.8, 4) is 50.7 Å². The first-order chi connectivity index (χ1) is 40.7. The Kier molecular flexibility index (Phi) is 9.26. The highest BCUT2D eigenvalue weighted by Gasteiger charge is 2.37. The van der Waals surface area contributed by atoms with Gasteiger partial charge in [0, 0.05) is 55.6 Å². The van der Waals surface area contributed by atoms with Crippen LogP contribution in [0.1, 0.15) is 126 Å². The zero-order chi connectivity index (χ0) is 62.8. The summed E-state index contributed by atoms with van der Waals surface area (Å²) in [6, 6.07) is 36.6. The van der Waals surface area contributed by atoms with Crippen molar-refractivity contribution in [2.24, 2.45) is 0 Å². The number of aromatic nitrogens is 2. The summed E-state index contributed by atoms with van der Waals surface area (Å²) in [7, 11) is 0. The molecule has 0 spiro atoms. The SMILES string of the molecule is [2H]c1c([2H])c([2H])c(-c2cccc(-c3cc(C(C)(C)C)cc(C(C)(C)C)c3)c2Nc2ccccc2Nc2cccc(Oc3ccc4c5c([2H])c([2H])c([2H])c([2H])c5n(-c5cc(C([2H])([2H])[2H])c(-c6ccc7c(c6)C(C)(C)CCC7(C)C)cn5)c4c3)c2)c([2H])c1[2H]. The fourth-order valence-corrected chi connectivity index (χ4v) is 10.5. The summed E-state index contributed by atoms with van der Waals surface area (Å²) in [4.78, 5) is 4.92. The lowest BCUT2D eigenvalue weighted by molar-refractivity contribution is 0.332. The van der Waals surface area contributed by atoms with Gasteiger partial charge in [-0.3, -0.25) is 4.57 Å². The molecule has 0 amide bonds. The zero-order valence-electron chi connectivity index (χ0n) is 56.4. The number of para-hydroxylation sites is 4. The van der Waals surface area contributed by atoms with Gasteiger partial charge < -0.3 is 15.4 Å². The number of nitrogens with one attached hydrogen (secondary N) is 2. The van der Waals surface area contributed by atoms with Crippen LogP contribution >= 0.6 is 0 Å². The summed E-state index contributed by atoms with van der Waals surface area (Å²) in [5.74, 6) is 0.944.